The molecule has 1 fully saturated rings. The van der Waals surface area contributed by atoms with Crippen molar-refractivity contribution in [2.45, 2.75) is 26.3 Å². The lowest BCUT2D eigenvalue weighted by Crippen LogP contribution is -2.58. The summed E-state index contributed by atoms with van der Waals surface area (Å²) in [6.07, 6.45) is 1.70. The first-order valence-corrected chi connectivity index (χ1v) is 9.95. The van der Waals surface area contributed by atoms with Gasteiger partial charge in [-0.05, 0) is 61.6 Å². The summed E-state index contributed by atoms with van der Waals surface area (Å²) in [5.41, 5.74) is 2.00. The molecule has 0 bridgehead atoms. The molecule has 5 nitrogen and oxygen atoms in total. The van der Waals surface area contributed by atoms with Gasteiger partial charge in [-0.15, -0.1) is 12.4 Å². The summed E-state index contributed by atoms with van der Waals surface area (Å²) in [5, 5.41) is 13.9. The van der Waals surface area contributed by atoms with E-state index < -0.39 is 5.82 Å². The summed E-state index contributed by atoms with van der Waals surface area (Å²) in [5.74, 6) is -0.694. The van der Waals surface area contributed by atoms with Crippen molar-refractivity contribution >= 4 is 39.9 Å². The monoisotopic (exact) mass is 435 g/mol. The first kappa shape index (κ1) is 21.5. The summed E-state index contributed by atoms with van der Waals surface area (Å²) in [6, 6.07) is 6.22. The Bertz CT molecular complexity index is 1060. The van der Waals surface area contributed by atoms with E-state index >= 15 is 0 Å². The zero-order chi connectivity index (χ0) is 20.1. The normalized spacial score (nSPS) is 15.9. The quantitative estimate of drug-likeness (QED) is 0.627. The third-order valence-corrected chi connectivity index (χ3v) is 5.95. The van der Waals surface area contributed by atoms with Crippen LogP contribution in [0.2, 0.25) is 0 Å². The van der Waals surface area contributed by atoms with Gasteiger partial charge in [0.05, 0.1) is 10.3 Å². The number of aromatic hydroxyl groups is 1. The Morgan fingerprint density at radius 1 is 1.31 bits per heavy atom. The number of carbonyl (C=O) groups is 1. The van der Waals surface area contributed by atoms with Crippen molar-refractivity contribution in [3.05, 3.63) is 47.4 Å². The fourth-order valence-electron chi connectivity index (χ4n) is 3.86. The maximum atomic E-state index is 14.6. The number of hydrogen-bond donors (Lipinski definition) is 2. The fraction of sp³-hybridized carbons (Fsp3) is 0.333. The van der Waals surface area contributed by atoms with Crippen LogP contribution in [0.15, 0.2) is 30.5 Å². The number of phenolic OH excluding ortho intramolecular Hbond substituents is 1. The lowest BCUT2D eigenvalue weighted by atomic mass is 9.95. The van der Waals surface area contributed by atoms with Gasteiger partial charge < -0.3 is 15.3 Å². The second-order valence-corrected chi connectivity index (χ2v) is 8.73. The number of aromatic nitrogens is 1. The van der Waals surface area contributed by atoms with Gasteiger partial charge in [-0.3, -0.25) is 4.79 Å². The van der Waals surface area contributed by atoms with Gasteiger partial charge in [-0.1, -0.05) is 0 Å². The van der Waals surface area contributed by atoms with Crippen LogP contribution in [0, 0.1) is 12.7 Å². The van der Waals surface area contributed by atoms with E-state index in [-0.39, 0.29) is 29.6 Å². The number of hydrogen-bond acceptors (Lipinski definition) is 5. The number of fused-ring (bicyclic) bond motifs is 1. The molecule has 0 aliphatic carbocycles. The lowest BCUT2D eigenvalue weighted by Gasteiger charge is -2.39. The molecule has 1 saturated heterocycles. The Hall–Kier alpha value is -2.22. The molecule has 29 heavy (non-hydrogen) atoms. The molecular weight excluding hydrogens is 413 g/mol. The number of rotatable bonds is 2. The smallest absolute Gasteiger partial charge is 0.255 e. The van der Waals surface area contributed by atoms with E-state index in [9.17, 15) is 14.3 Å². The highest BCUT2D eigenvalue weighted by Crippen LogP contribution is 2.35. The molecule has 2 heterocycles. The molecule has 3 aromatic rings. The van der Waals surface area contributed by atoms with Crippen molar-refractivity contribution < 1.29 is 14.3 Å². The predicted molar refractivity (Wildman–Crippen MR) is 117 cm³/mol. The van der Waals surface area contributed by atoms with E-state index in [0.29, 0.717) is 35.3 Å². The van der Waals surface area contributed by atoms with E-state index in [1.807, 2.05) is 11.0 Å². The Morgan fingerprint density at radius 2 is 2.07 bits per heavy atom. The molecule has 1 aromatic heterocycles. The third-order valence-electron chi connectivity index (χ3n) is 5.10. The summed E-state index contributed by atoms with van der Waals surface area (Å²) < 4.78 is 19.7. The van der Waals surface area contributed by atoms with Gasteiger partial charge >= 0.3 is 0 Å². The highest BCUT2D eigenvalue weighted by molar-refractivity contribution is 7.13. The zero-order valence-electron chi connectivity index (χ0n) is 16.5. The SMILES string of the molecule is Cc1cc(O)cc(F)c1-c1cc(C(=O)N2CCNC(C)(C)C2)c2sncc2c1.Cl. The molecule has 1 aliphatic heterocycles. The first-order chi connectivity index (χ1) is 13.2. The summed E-state index contributed by atoms with van der Waals surface area (Å²) >= 11 is 1.27. The van der Waals surface area contributed by atoms with Crippen LogP contribution in [0.5, 0.6) is 5.75 Å². The number of aryl methyl sites for hydroxylation is 1. The molecular formula is C21H23ClFN3O2S. The molecule has 0 unspecified atom stereocenters. The average molecular weight is 436 g/mol. The van der Waals surface area contributed by atoms with Gasteiger partial charge in [0, 0.05) is 48.4 Å². The van der Waals surface area contributed by atoms with Crippen LogP contribution in [0.1, 0.15) is 29.8 Å². The van der Waals surface area contributed by atoms with Crippen molar-refractivity contribution in [2.75, 3.05) is 19.6 Å². The van der Waals surface area contributed by atoms with Crippen molar-refractivity contribution in [2.24, 2.45) is 0 Å². The molecule has 2 aromatic carbocycles. The highest BCUT2D eigenvalue weighted by atomic mass is 35.5. The molecule has 4 rings (SSSR count). The molecule has 154 valence electrons. The van der Waals surface area contributed by atoms with Gasteiger partial charge in [0.1, 0.15) is 11.6 Å². The van der Waals surface area contributed by atoms with E-state index in [1.54, 1.807) is 19.2 Å². The van der Waals surface area contributed by atoms with Crippen molar-refractivity contribution in [1.82, 2.24) is 14.6 Å². The number of nitrogens with zero attached hydrogens (tertiary/aromatic N) is 2. The first-order valence-electron chi connectivity index (χ1n) is 9.17. The minimum Gasteiger partial charge on any atom is -0.508 e. The second kappa shape index (κ2) is 7.89. The summed E-state index contributed by atoms with van der Waals surface area (Å²) in [4.78, 5) is 15.2. The third kappa shape index (κ3) is 4.08. The number of piperazine rings is 1. The van der Waals surface area contributed by atoms with Crippen molar-refractivity contribution in [1.29, 1.82) is 0 Å². The van der Waals surface area contributed by atoms with Crippen LogP contribution in [-0.2, 0) is 0 Å². The Labute approximate surface area is 179 Å². The van der Waals surface area contributed by atoms with Crippen LogP contribution < -0.4 is 5.32 Å². The van der Waals surface area contributed by atoms with E-state index in [2.05, 4.69) is 23.5 Å². The Morgan fingerprint density at radius 3 is 2.76 bits per heavy atom. The number of carbonyl (C=O) groups excluding carboxylic acids is 1. The van der Waals surface area contributed by atoms with Gasteiger partial charge in [-0.2, -0.15) is 4.37 Å². The molecule has 0 radical (unpaired) electrons. The zero-order valence-corrected chi connectivity index (χ0v) is 18.1. The Kier molecular flexibility index (Phi) is 5.85. The lowest BCUT2D eigenvalue weighted by molar-refractivity contribution is 0.0654. The summed E-state index contributed by atoms with van der Waals surface area (Å²) in [7, 11) is 0. The van der Waals surface area contributed by atoms with Crippen LogP contribution in [0.3, 0.4) is 0 Å². The van der Waals surface area contributed by atoms with Crippen LogP contribution in [0.4, 0.5) is 4.39 Å². The number of halogens is 2. The van der Waals surface area contributed by atoms with Crippen LogP contribution in [-0.4, -0.2) is 45.5 Å². The minimum absolute atomic E-state index is 0. The highest BCUT2D eigenvalue weighted by Gasteiger charge is 2.30. The van der Waals surface area contributed by atoms with Gasteiger partial charge in [0.2, 0.25) is 0 Å². The fourth-order valence-corrected chi connectivity index (χ4v) is 4.60. The van der Waals surface area contributed by atoms with Crippen molar-refractivity contribution in [3.63, 3.8) is 0 Å². The average Bonchev–Trinajstić information content (AvgIpc) is 3.07. The standard InChI is InChI=1S/C21H22FN3O2S.ClH/c1-12-6-15(26)9-17(22)18(12)13-7-14-10-24-28-19(14)16(8-13)20(27)25-5-4-23-21(2,3)11-25;/h6-10,23,26H,4-5,11H2,1-3H3;1H. The Balaban J connectivity index is 0.00000240. The van der Waals surface area contributed by atoms with Crippen molar-refractivity contribution in [3.8, 4) is 16.9 Å². The van der Waals surface area contributed by atoms with Crippen LogP contribution >= 0.6 is 23.9 Å². The molecule has 2 N–H and O–H groups in total. The molecule has 8 heteroatoms. The van der Waals surface area contributed by atoms with Gasteiger partial charge in [0.15, 0.2) is 0 Å². The largest absolute Gasteiger partial charge is 0.508 e. The van der Waals surface area contributed by atoms with Gasteiger partial charge in [0.25, 0.3) is 5.91 Å². The minimum atomic E-state index is -0.512. The molecule has 0 atom stereocenters. The van der Waals surface area contributed by atoms with E-state index in [1.165, 1.54) is 17.6 Å². The number of amides is 1. The maximum Gasteiger partial charge on any atom is 0.255 e. The molecule has 1 amide bonds. The number of phenols is 1. The predicted octanol–water partition coefficient (Wildman–Crippen LogP) is 4.36. The van der Waals surface area contributed by atoms with E-state index in [4.69, 9.17) is 0 Å². The maximum absolute atomic E-state index is 14.6. The summed E-state index contributed by atoms with van der Waals surface area (Å²) in [6.45, 7) is 7.84. The van der Waals surface area contributed by atoms with Gasteiger partial charge in [-0.25, -0.2) is 4.39 Å². The second-order valence-electron chi connectivity index (χ2n) is 7.92. The molecule has 0 spiro atoms. The number of benzene rings is 2. The molecule has 0 saturated carbocycles. The van der Waals surface area contributed by atoms with Crippen LogP contribution in [0.25, 0.3) is 21.2 Å². The van der Waals surface area contributed by atoms with E-state index in [0.717, 1.165) is 22.7 Å². The molecule has 1 aliphatic rings. The topological polar surface area (TPSA) is 65.5 Å². The number of nitrogens with one attached hydrogen (secondary N) is 1.